The third-order valence-corrected chi connectivity index (χ3v) is 3.68. The van der Waals surface area contributed by atoms with Gasteiger partial charge in [0.15, 0.2) is 0 Å². The van der Waals surface area contributed by atoms with Crippen molar-refractivity contribution in [3.63, 3.8) is 0 Å². The Balaban J connectivity index is 0.000000351. The Morgan fingerprint density at radius 3 is 2.42 bits per heavy atom. The highest BCUT2D eigenvalue weighted by Crippen LogP contribution is 2.16. The normalized spacial score (nSPS) is 15.4. The summed E-state index contributed by atoms with van der Waals surface area (Å²) in [4.78, 5) is 13.7. The zero-order chi connectivity index (χ0) is 18.2. The molecule has 0 aliphatic carbocycles. The van der Waals surface area contributed by atoms with Crippen molar-refractivity contribution in [2.24, 2.45) is 0 Å². The predicted octanol–water partition coefficient (Wildman–Crippen LogP) is 2.18. The molecule has 0 aromatic heterocycles. The fourth-order valence-corrected chi connectivity index (χ4v) is 2.20. The van der Waals surface area contributed by atoms with Crippen LogP contribution in [0.5, 0.6) is 0 Å². The summed E-state index contributed by atoms with van der Waals surface area (Å²) in [6, 6.07) is 8.89. The van der Waals surface area contributed by atoms with Gasteiger partial charge in [0, 0.05) is 52.0 Å². The van der Waals surface area contributed by atoms with Gasteiger partial charge < -0.3 is 15.3 Å². The average Bonchev–Trinajstić information content (AvgIpc) is 2.55. The van der Waals surface area contributed by atoms with Crippen LogP contribution in [0.15, 0.2) is 24.3 Å². The molecule has 5 nitrogen and oxygen atoms in total. The second-order valence-electron chi connectivity index (χ2n) is 5.51. The molecular weight excluding hydrogens is 323 g/mol. The number of piperazine rings is 1. The van der Waals surface area contributed by atoms with E-state index < -0.39 is 12.1 Å². The van der Waals surface area contributed by atoms with E-state index in [0.717, 1.165) is 39.3 Å². The van der Waals surface area contributed by atoms with E-state index in [1.165, 1.54) is 11.3 Å². The van der Waals surface area contributed by atoms with Crippen molar-refractivity contribution in [1.82, 2.24) is 10.2 Å². The summed E-state index contributed by atoms with van der Waals surface area (Å²) >= 11 is 0. The summed E-state index contributed by atoms with van der Waals surface area (Å²) in [5.74, 6) is -2.76. The molecule has 1 aliphatic heterocycles. The summed E-state index contributed by atoms with van der Waals surface area (Å²) in [5, 5.41) is 10.5. The molecule has 8 heteroatoms. The van der Waals surface area contributed by atoms with E-state index in [0.29, 0.717) is 0 Å². The number of nitrogens with one attached hydrogen (secondary N) is 1. The monoisotopic (exact) mass is 347 g/mol. The topological polar surface area (TPSA) is 55.8 Å². The Hall–Kier alpha value is -1.80. The molecule has 0 spiro atoms. The maximum atomic E-state index is 10.6. The zero-order valence-electron chi connectivity index (χ0n) is 13.9. The van der Waals surface area contributed by atoms with Crippen LogP contribution in [-0.4, -0.2) is 61.9 Å². The number of anilines is 1. The van der Waals surface area contributed by atoms with Gasteiger partial charge in [-0.05, 0) is 24.6 Å². The number of aliphatic carboxylic acids is 1. The van der Waals surface area contributed by atoms with Crippen LogP contribution < -0.4 is 10.2 Å². The standard InChI is InChI=1S/C14H23N3.C2HF3O2/c1-3-16(2)14-6-4-5-13(11-14)12-17-9-7-15-8-10-17;3-2(4,5)1(6)7/h4-6,11,15H,3,7-10,12H2,1-2H3;(H,6,7). The summed E-state index contributed by atoms with van der Waals surface area (Å²) in [7, 11) is 2.14. The molecule has 0 saturated carbocycles. The van der Waals surface area contributed by atoms with Crippen molar-refractivity contribution >= 4 is 11.7 Å². The van der Waals surface area contributed by atoms with Crippen molar-refractivity contribution in [2.45, 2.75) is 19.6 Å². The fraction of sp³-hybridized carbons (Fsp3) is 0.562. The van der Waals surface area contributed by atoms with Crippen LogP contribution in [-0.2, 0) is 11.3 Å². The molecule has 24 heavy (non-hydrogen) atoms. The van der Waals surface area contributed by atoms with E-state index in [9.17, 15) is 13.2 Å². The van der Waals surface area contributed by atoms with Crippen molar-refractivity contribution in [3.05, 3.63) is 29.8 Å². The van der Waals surface area contributed by atoms with E-state index in [1.807, 2.05) is 0 Å². The predicted molar refractivity (Wildman–Crippen MR) is 87.2 cm³/mol. The number of carbonyl (C=O) groups is 1. The van der Waals surface area contributed by atoms with Gasteiger partial charge in [0.2, 0.25) is 0 Å². The van der Waals surface area contributed by atoms with E-state index in [-0.39, 0.29) is 0 Å². The number of benzene rings is 1. The van der Waals surface area contributed by atoms with Gasteiger partial charge in [-0.15, -0.1) is 0 Å². The lowest BCUT2D eigenvalue weighted by molar-refractivity contribution is -0.192. The Kier molecular flexibility index (Phi) is 8.00. The number of halogens is 3. The molecule has 2 N–H and O–H groups in total. The fourth-order valence-electron chi connectivity index (χ4n) is 2.20. The first-order chi connectivity index (χ1) is 11.2. The SMILES string of the molecule is CCN(C)c1cccc(CN2CCNCC2)c1.O=C(O)C(F)(F)F. The number of rotatable bonds is 4. The number of hydrogen-bond acceptors (Lipinski definition) is 4. The minimum Gasteiger partial charge on any atom is -0.475 e. The number of hydrogen-bond donors (Lipinski definition) is 2. The van der Waals surface area contributed by atoms with Gasteiger partial charge in [-0.25, -0.2) is 4.79 Å². The molecule has 1 aromatic carbocycles. The molecule has 1 aliphatic rings. The quantitative estimate of drug-likeness (QED) is 0.874. The maximum absolute atomic E-state index is 10.6. The first-order valence-electron chi connectivity index (χ1n) is 7.77. The Bertz CT molecular complexity index is 518. The van der Waals surface area contributed by atoms with Crippen LogP contribution in [0.2, 0.25) is 0 Å². The Labute approximate surface area is 140 Å². The average molecular weight is 347 g/mol. The van der Waals surface area contributed by atoms with E-state index in [1.54, 1.807) is 0 Å². The molecule has 2 rings (SSSR count). The molecule has 1 aromatic rings. The maximum Gasteiger partial charge on any atom is 0.490 e. The van der Waals surface area contributed by atoms with Crippen LogP contribution in [0.25, 0.3) is 0 Å². The highest BCUT2D eigenvalue weighted by atomic mass is 19.4. The molecule has 0 unspecified atom stereocenters. The molecular formula is C16H24F3N3O2. The first-order valence-corrected chi connectivity index (χ1v) is 7.77. The van der Waals surface area contributed by atoms with Gasteiger partial charge in [-0.1, -0.05) is 12.1 Å². The van der Waals surface area contributed by atoms with Crippen LogP contribution in [0, 0.1) is 0 Å². The second-order valence-corrected chi connectivity index (χ2v) is 5.51. The number of carboxylic acid groups (broad SMARTS) is 1. The summed E-state index contributed by atoms with van der Waals surface area (Å²) in [5.41, 5.74) is 2.74. The highest BCUT2D eigenvalue weighted by Gasteiger charge is 2.38. The number of nitrogens with zero attached hydrogens (tertiary/aromatic N) is 2. The van der Waals surface area contributed by atoms with Crippen molar-refractivity contribution in [1.29, 1.82) is 0 Å². The van der Waals surface area contributed by atoms with Gasteiger partial charge in [0.25, 0.3) is 0 Å². The minimum absolute atomic E-state index is 1.05. The minimum atomic E-state index is -5.08. The lowest BCUT2D eigenvalue weighted by Crippen LogP contribution is -2.42. The van der Waals surface area contributed by atoms with Gasteiger partial charge in [0.05, 0.1) is 0 Å². The van der Waals surface area contributed by atoms with Crippen LogP contribution in [0.4, 0.5) is 18.9 Å². The molecule has 0 atom stereocenters. The third kappa shape index (κ3) is 7.18. The summed E-state index contributed by atoms with van der Waals surface area (Å²) in [6.07, 6.45) is -5.08. The second kappa shape index (κ2) is 9.48. The lowest BCUT2D eigenvalue weighted by Gasteiger charge is -2.27. The summed E-state index contributed by atoms with van der Waals surface area (Å²) in [6.45, 7) is 8.87. The molecule has 0 radical (unpaired) electrons. The van der Waals surface area contributed by atoms with Gasteiger partial charge in [-0.2, -0.15) is 13.2 Å². The first kappa shape index (κ1) is 20.2. The van der Waals surface area contributed by atoms with Crippen molar-refractivity contribution < 1.29 is 23.1 Å². The molecule has 0 bridgehead atoms. The van der Waals surface area contributed by atoms with Crippen LogP contribution >= 0.6 is 0 Å². The largest absolute Gasteiger partial charge is 0.490 e. The number of alkyl halides is 3. The van der Waals surface area contributed by atoms with E-state index in [2.05, 4.69) is 53.4 Å². The molecule has 0 amide bonds. The highest BCUT2D eigenvalue weighted by molar-refractivity contribution is 5.73. The molecule has 1 heterocycles. The van der Waals surface area contributed by atoms with Gasteiger partial charge in [0.1, 0.15) is 0 Å². The third-order valence-electron chi connectivity index (χ3n) is 3.68. The van der Waals surface area contributed by atoms with Gasteiger partial charge >= 0.3 is 12.1 Å². The van der Waals surface area contributed by atoms with E-state index >= 15 is 0 Å². The smallest absolute Gasteiger partial charge is 0.475 e. The Morgan fingerprint density at radius 2 is 1.92 bits per heavy atom. The Morgan fingerprint density at radius 1 is 1.33 bits per heavy atom. The summed E-state index contributed by atoms with van der Waals surface area (Å²) < 4.78 is 31.7. The van der Waals surface area contributed by atoms with Crippen molar-refractivity contribution in [2.75, 3.05) is 44.7 Å². The van der Waals surface area contributed by atoms with Crippen LogP contribution in [0.3, 0.4) is 0 Å². The number of carboxylic acids is 1. The molecule has 1 fully saturated rings. The molecule has 136 valence electrons. The van der Waals surface area contributed by atoms with Gasteiger partial charge in [-0.3, -0.25) is 4.90 Å². The van der Waals surface area contributed by atoms with E-state index in [4.69, 9.17) is 9.90 Å². The van der Waals surface area contributed by atoms with Crippen LogP contribution in [0.1, 0.15) is 12.5 Å². The molecule has 1 saturated heterocycles. The van der Waals surface area contributed by atoms with Crippen molar-refractivity contribution in [3.8, 4) is 0 Å². The lowest BCUT2D eigenvalue weighted by atomic mass is 10.1. The zero-order valence-corrected chi connectivity index (χ0v) is 13.9.